The number of nitrogens with zero attached hydrogens (tertiary/aromatic N) is 4. The number of nitrogens with one attached hydrogen (secondary N) is 2. The zero-order chi connectivity index (χ0) is 28.3. The van der Waals surface area contributed by atoms with Crippen LogP contribution in [0.25, 0.3) is 0 Å². The monoisotopic (exact) mass is 548 g/mol. The summed E-state index contributed by atoms with van der Waals surface area (Å²) >= 11 is 0. The lowest BCUT2D eigenvalue weighted by Gasteiger charge is -2.22. The molecule has 0 saturated heterocycles. The molecule has 4 rings (SSSR count). The van der Waals surface area contributed by atoms with Gasteiger partial charge in [-0.05, 0) is 43.5 Å². The van der Waals surface area contributed by atoms with Gasteiger partial charge in [0.2, 0.25) is 11.8 Å². The highest BCUT2D eigenvalue weighted by Gasteiger charge is 2.21. The predicted molar refractivity (Wildman–Crippen MR) is 147 cm³/mol. The molecule has 40 heavy (non-hydrogen) atoms. The van der Waals surface area contributed by atoms with Gasteiger partial charge >= 0.3 is 0 Å². The van der Waals surface area contributed by atoms with E-state index < -0.39 is 6.04 Å². The molecular weight excluding hydrogens is 512 g/mol. The Labute approximate surface area is 233 Å². The minimum atomic E-state index is -0.748. The topological polar surface area (TPSA) is 128 Å². The first-order chi connectivity index (χ1) is 19.4. The van der Waals surface area contributed by atoms with Crippen molar-refractivity contribution >= 4 is 17.7 Å². The van der Waals surface area contributed by atoms with Crippen molar-refractivity contribution in [1.29, 1.82) is 0 Å². The van der Waals surface area contributed by atoms with E-state index in [2.05, 4.69) is 20.9 Å². The Bertz CT molecular complexity index is 1300. The maximum Gasteiger partial charge on any atom is 0.255 e. The van der Waals surface area contributed by atoms with Gasteiger partial charge in [0, 0.05) is 26.1 Å². The van der Waals surface area contributed by atoms with Gasteiger partial charge in [-0.25, -0.2) is 0 Å². The Morgan fingerprint density at radius 3 is 2.77 bits per heavy atom. The van der Waals surface area contributed by atoms with Crippen LogP contribution in [0.3, 0.4) is 0 Å². The molecule has 2 bridgehead atoms. The highest BCUT2D eigenvalue weighted by Crippen LogP contribution is 2.21. The van der Waals surface area contributed by atoms with Crippen LogP contribution >= 0.6 is 0 Å². The minimum absolute atomic E-state index is 0.0736. The van der Waals surface area contributed by atoms with Crippen molar-refractivity contribution in [2.45, 2.75) is 52.4 Å². The number of benzene rings is 2. The van der Waals surface area contributed by atoms with Gasteiger partial charge in [0.15, 0.2) is 0 Å². The number of rotatable bonds is 4. The fraction of sp³-hybridized carbons (Fsp3) is 0.414. The lowest BCUT2D eigenvalue weighted by molar-refractivity contribution is -0.137. The van der Waals surface area contributed by atoms with Gasteiger partial charge in [-0.2, -0.15) is 0 Å². The van der Waals surface area contributed by atoms with Crippen molar-refractivity contribution in [3.8, 4) is 5.75 Å². The molecule has 0 saturated carbocycles. The Kier molecular flexibility index (Phi) is 10.2. The lowest BCUT2D eigenvalue weighted by Crippen LogP contribution is -2.45. The summed E-state index contributed by atoms with van der Waals surface area (Å²) in [5, 5.41) is 14.0. The van der Waals surface area contributed by atoms with Crippen LogP contribution in [0.15, 0.2) is 54.7 Å². The number of hydrogen-bond donors (Lipinski definition) is 2. The van der Waals surface area contributed by atoms with Crippen LogP contribution in [0.2, 0.25) is 0 Å². The molecule has 1 atom stereocenters. The first-order valence-corrected chi connectivity index (χ1v) is 13.5. The smallest absolute Gasteiger partial charge is 0.255 e. The fourth-order valence-electron chi connectivity index (χ4n) is 4.25. The molecule has 1 aliphatic rings. The van der Waals surface area contributed by atoms with Gasteiger partial charge in [0.05, 0.1) is 31.5 Å². The molecule has 1 aromatic heterocycles. The van der Waals surface area contributed by atoms with Crippen molar-refractivity contribution in [2.75, 3.05) is 26.3 Å². The number of fused-ring (bicyclic) bond motifs is 3. The van der Waals surface area contributed by atoms with Crippen molar-refractivity contribution < 1.29 is 23.9 Å². The van der Waals surface area contributed by atoms with Crippen LogP contribution in [0, 0.1) is 6.92 Å². The Balaban J connectivity index is 1.43. The first-order valence-electron chi connectivity index (χ1n) is 13.5. The molecule has 0 fully saturated rings. The third-order valence-electron chi connectivity index (χ3n) is 6.44. The molecule has 11 heteroatoms. The zero-order valence-corrected chi connectivity index (χ0v) is 23.0. The summed E-state index contributed by atoms with van der Waals surface area (Å²) in [5.41, 5.74) is 2.97. The second-order valence-electron chi connectivity index (χ2n) is 9.81. The Morgan fingerprint density at radius 2 is 1.95 bits per heavy atom. The van der Waals surface area contributed by atoms with E-state index in [-0.39, 0.29) is 30.9 Å². The number of ether oxygens (including phenoxy) is 2. The second kappa shape index (κ2) is 14.2. The van der Waals surface area contributed by atoms with E-state index >= 15 is 0 Å². The molecule has 0 radical (unpaired) electrons. The SMILES string of the molecule is Cc1ccc2c(c1)OCCCn1cc(nn1)CN(C(=O)COCc1ccccc1)CCCNC(=O)[C@@H](C)NC2=O. The van der Waals surface area contributed by atoms with Gasteiger partial charge in [-0.15, -0.1) is 5.10 Å². The molecule has 2 N–H and O–H groups in total. The molecule has 0 aliphatic carbocycles. The average Bonchev–Trinajstić information content (AvgIpc) is 3.39. The molecule has 11 nitrogen and oxygen atoms in total. The van der Waals surface area contributed by atoms with Crippen LogP contribution in [0.5, 0.6) is 5.75 Å². The van der Waals surface area contributed by atoms with E-state index in [0.717, 1.165) is 11.1 Å². The summed E-state index contributed by atoms with van der Waals surface area (Å²) < 4.78 is 13.3. The number of aryl methyl sites for hydroxylation is 2. The largest absolute Gasteiger partial charge is 0.493 e. The van der Waals surface area contributed by atoms with Gasteiger partial charge < -0.3 is 25.0 Å². The lowest BCUT2D eigenvalue weighted by atomic mass is 10.1. The van der Waals surface area contributed by atoms with E-state index in [1.165, 1.54) is 0 Å². The molecule has 3 amide bonds. The number of carbonyl (C=O) groups excluding carboxylic acids is 3. The third-order valence-corrected chi connectivity index (χ3v) is 6.44. The summed E-state index contributed by atoms with van der Waals surface area (Å²) in [6, 6.07) is 14.3. The minimum Gasteiger partial charge on any atom is -0.493 e. The number of aromatic nitrogens is 3. The molecular formula is C29H36N6O5. The molecule has 3 aromatic rings. The van der Waals surface area contributed by atoms with Gasteiger partial charge in [0.1, 0.15) is 24.1 Å². The van der Waals surface area contributed by atoms with Crippen molar-refractivity contribution in [3.63, 3.8) is 0 Å². The van der Waals surface area contributed by atoms with Crippen molar-refractivity contribution in [1.82, 2.24) is 30.5 Å². The maximum atomic E-state index is 13.0. The zero-order valence-electron chi connectivity index (χ0n) is 23.0. The van der Waals surface area contributed by atoms with Crippen LogP contribution in [-0.2, 0) is 34.0 Å². The van der Waals surface area contributed by atoms with Crippen LogP contribution in [0.1, 0.15) is 46.9 Å². The van der Waals surface area contributed by atoms with E-state index in [0.29, 0.717) is 62.7 Å². The normalized spacial score (nSPS) is 17.4. The van der Waals surface area contributed by atoms with Crippen molar-refractivity contribution in [2.24, 2.45) is 0 Å². The summed E-state index contributed by atoms with van der Waals surface area (Å²) in [6.45, 7) is 5.73. The number of hydrogen-bond acceptors (Lipinski definition) is 7. The number of carbonyl (C=O) groups is 3. The highest BCUT2D eigenvalue weighted by molar-refractivity contribution is 5.99. The molecule has 2 aromatic carbocycles. The summed E-state index contributed by atoms with van der Waals surface area (Å²) in [5.74, 6) is -0.410. The van der Waals surface area contributed by atoms with E-state index in [1.54, 1.807) is 22.6 Å². The number of amides is 3. The highest BCUT2D eigenvalue weighted by atomic mass is 16.5. The molecule has 2 heterocycles. The summed E-state index contributed by atoms with van der Waals surface area (Å²) in [4.78, 5) is 40.3. The standard InChI is InChI=1S/C29H36N6O5/c1-21-10-11-25-26(16-21)40-15-7-14-35-18-24(32-33-35)17-34(13-6-12-30-28(37)22(2)31-29(25)38)27(36)20-39-19-23-8-4-3-5-9-23/h3-5,8-11,16,18,22H,6-7,12-15,17,19-20H2,1-2H3,(H,30,37)(H,31,38)/t22-/m1/s1. The second-order valence-corrected chi connectivity index (χ2v) is 9.81. The fourth-order valence-corrected chi connectivity index (χ4v) is 4.25. The first kappa shape index (κ1) is 28.8. The van der Waals surface area contributed by atoms with E-state index in [4.69, 9.17) is 9.47 Å². The molecule has 1 aliphatic heterocycles. The quantitative estimate of drug-likeness (QED) is 0.512. The van der Waals surface area contributed by atoms with Gasteiger partial charge in [0.25, 0.3) is 5.91 Å². The third kappa shape index (κ3) is 8.37. The molecule has 0 unspecified atom stereocenters. The molecule has 0 spiro atoms. The van der Waals surface area contributed by atoms with Crippen LogP contribution in [-0.4, -0.2) is 70.0 Å². The van der Waals surface area contributed by atoms with Crippen LogP contribution < -0.4 is 15.4 Å². The average molecular weight is 549 g/mol. The Morgan fingerprint density at radius 1 is 1.12 bits per heavy atom. The van der Waals surface area contributed by atoms with Gasteiger partial charge in [-0.1, -0.05) is 41.6 Å². The van der Waals surface area contributed by atoms with E-state index in [1.807, 2.05) is 55.6 Å². The van der Waals surface area contributed by atoms with Crippen molar-refractivity contribution in [3.05, 3.63) is 77.1 Å². The molecule has 212 valence electrons. The Hall–Kier alpha value is -4.25. The van der Waals surface area contributed by atoms with Gasteiger partial charge in [-0.3, -0.25) is 19.1 Å². The predicted octanol–water partition coefficient (Wildman–Crippen LogP) is 2.24. The maximum absolute atomic E-state index is 13.0. The van der Waals surface area contributed by atoms with E-state index in [9.17, 15) is 14.4 Å². The summed E-state index contributed by atoms with van der Waals surface area (Å²) in [6.07, 6.45) is 2.96. The van der Waals surface area contributed by atoms with Crippen LogP contribution in [0.4, 0.5) is 0 Å². The summed E-state index contributed by atoms with van der Waals surface area (Å²) in [7, 11) is 0.